The van der Waals surface area contributed by atoms with Crippen molar-refractivity contribution < 1.29 is 26.9 Å². The predicted molar refractivity (Wildman–Crippen MR) is 45.6 cm³/mol. The van der Waals surface area contributed by atoms with E-state index in [0.717, 1.165) is 6.92 Å². The minimum Gasteiger partial charge on any atom is -0.258 e. The van der Waals surface area contributed by atoms with Gasteiger partial charge < -0.3 is 0 Å². The number of pyridine rings is 1. The van der Waals surface area contributed by atoms with E-state index in [2.05, 4.69) is 4.98 Å². The Labute approximate surface area is 91.2 Å². The zero-order valence-corrected chi connectivity index (χ0v) is 8.26. The van der Waals surface area contributed by atoms with Crippen LogP contribution in [0.3, 0.4) is 0 Å². The standard InChI is InChI=1S/C8H5F5N2O2/c1-3-2-4(15(16)17)5(7(9)10)6(14-3)8(11,12)13/h2,7H,1H3. The minimum absolute atomic E-state index is 0.353. The summed E-state index contributed by atoms with van der Waals surface area (Å²) in [6.07, 6.45) is -8.79. The molecule has 0 N–H and O–H groups in total. The number of hydrogen-bond donors (Lipinski definition) is 0. The predicted octanol–water partition coefficient (Wildman–Crippen LogP) is 3.25. The van der Waals surface area contributed by atoms with E-state index in [1.165, 1.54) is 0 Å². The number of halogens is 5. The lowest BCUT2D eigenvalue weighted by molar-refractivity contribution is -0.386. The molecule has 0 aliphatic rings. The molecule has 0 saturated carbocycles. The van der Waals surface area contributed by atoms with Crippen molar-refractivity contribution in [3.8, 4) is 0 Å². The van der Waals surface area contributed by atoms with Crippen molar-refractivity contribution in [2.45, 2.75) is 19.5 Å². The van der Waals surface area contributed by atoms with Crippen LogP contribution in [0.1, 0.15) is 23.4 Å². The van der Waals surface area contributed by atoms with Gasteiger partial charge in [-0.2, -0.15) is 13.2 Å². The van der Waals surface area contributed by atoms with E-state index in [-0.39, 0.29) is 5.69 Å². The highest BCUT2D eigenvalue weighted by Crippen LogP contribution is 2.39. The highest BCUT2D eigenvalue weighted by molar-refractivity contribution is 5.45. The van der Waals surface area contributed by atoms with Gasteiger partial charge in [-0.15, -0.1) is 0 Å². The monoisotopic (exact) mass is 256 g/mol. The summed E-state index contributed by atoms with van der Waals surface area (Å²) in [6, 6.07) is 0.580. The van der Waals surface area contributed by atoms with Crippen molar-refractivity contribution >= 4 is 5.69 Å². The van der Waals surface area contributed by atoms with Crippen LogP contribution in [0.15, 0.2) is 6.07 Å². The molecule has 0 unspecified atom stereocenters. The number of rotatable bonds is 2. The largest absolute Gasteiger partial charge is 0.434 e. The van der Waals surface area contributed by atoms with Gasteiger partial charge in [0.05, 0.1) is 4.92 Å². The summed E-state index contributed by atoms with van der Waals surface area (Å²) >= 11 is 0. The molecule has 0 aliphatic carbocycles. The van der Waals surface area contributed by atoms with Gasteiger partial charge in [0.15, 0.2) is 5.69 Å². The Morgan fingerprint density at radius 2 is 1.94 bits per heavy atom. The summed E-state index contributed by atoms with van der Waals surface area (Å²) in [6.45, 7) is 1.05. The molecule has 0 aromatic carbocycles. The molecule has 17 heavy (non-hydrogen) atoms. The molecule has 0 fully saturated rings. The van der Waals surface area contributed by atoms with Crippen molar-refractivity contribution in [3.63, 3.8) is 0 Å². The molecule has 0 radical (unpaired) electrons. The van der Waals surface area contributed by atoms with Crippen molar-refractivity contribution in [2.75, 3.05) is 0 Å². The third kappa shape index (κ3) is 2.66. The summed E-state index contributed by atoms with van der Waals surface area (Å²) in [7, 11) is 0. The van der Waals surface area contributed by atoms with Crippen LogP contribution in [0.25, 0.3) is 0 Å². The molecule has 9 heteroatoms. The van der Waals surface area contributed by atoms with Crippen LogP contribution in [-0.4, -0.2) is 9.91 Å². The zero-order valence-electron chi connectivity index (χ0n) is 8.26. The third-order valence-corrected chi connectivity index (χ3v) is 1.85. The van der Waals surface area contributed by atoms with Gasteiger partial charge in [0, 0.05) is 11.8 Å². The number of aromatic nitrogens is 1. The average Bonchev–Trinajstić information content (AvgIpc) is 2.14. The lowest BCUT2D eigenvalue weighted by Crippen LogP contribution is -2.15. The van der Waals surface area contributed by atoms with Crippen LogP contribution < -0.4 is 0 Å². The van der Waals surface area contributed by atoms with Gasteiger partial charge in [-0.25, -0.2) is 13.8 Å². The summed E-state index contributed by atoms with van der Waals surface area (Å²) in [5.41, 5.74) is -5.25. The molecule has 1 rings (SSSR count). The SMILES string of the molecule is Cc1cc([N+](=O)[O-])c(C(F)F)c(C(F)(F)F)n1. The number of hydrogen-bond acceptors (Lipinski definition) is 3. The van der Waals surface area contributed by atoms with Gasteiger partial charge in [0.2, 0.25) is 0 Å². The molecular formula is C8H5F5N2O2. The molecule has 1 aromatic rings. The first-order valence-corrected chi connectivity index (χ1v) is 4.16. The van der Waals surface area contributed by atoms with Gasteiger partial charge in [-0.3, -0.25) is 10.1 Å². The Bertz CT molecular complexity index is 458. The fourth-order valence-corrected chi connectivity index (χ4v) is 1.25. The fourth-order valence-electron chi connectivity index (χ4n) is 1.25. The smallest absolute Gasteiger partial charge is 0.258 e. The summed E-state index contributed by atoms with van der Waals surface area (Å²) in [5, 5.41) is 10.4. The topological polar surface area (TPSA) is 56.0 Å². The maximum atomic E-state index is 12.5. The molecule has 0 bridgehead atoms. The van der Waals surface area contributed by atoms with Gasteiger partial charge in [-0.1, -0.05) is 0 Å². The van der Waals surface area contributed by atoms with Crippen LogP contribution in [0, 0.1) is 17.0 Å². The van der Waals surface area contributed by atoms with Gasteiger partial charge in [-0.05, 0) is 6.92 Å². The normalized spacial score (nSPS) is 11.9. The maximum Gasteiger partial charge on any atom is 0.434 e. The van der Waals surface area contributed by atoms with Crippen LogP contribution >= 0.6 is 0 Å². The van der Waals surface area contributed by atoms with Crippen molar-refractivity contribution in [3.05, 3.63) is 33.1 Å². The second-order valence-corrected chi connectivity index (χ2v) is 3.10. The third-order valence-electron chi connectivity index (χ3n) is 1.85. The molecule has 4 nitrogen and oxygen atoms in total. The molecule has 1 aromatic heterocycles. The molecule has 0 aliphatic heterocycles. The van der Waals surface area contributed by atoms with Crippen molar-refractivity contribution in [2.24, 2.45) is 0 Å². The lowest BCUT2D eigenvalue weighted by Gasteiger charge is -2.12. The van der Waals surface area contributed by atoms with Crippen LogP contribution in [-0.2, 0) is 6.18 Å². The van der Waals surface area contributed by atoms with E-state index in [1.54, 1.807) is 0 Å². The number of nitrogens with zero attached hydrogens (tertiary/aromatic N) is 2. The summed E-state index contributed by atoms with van der Waals surface area (Å²) in [4.78, 5) is 12.0. The highest BCUT2D eigenvalue weighted by Gasteiger charge is 2.42. The highest BCUT2D eigenvalue weighted by atomic mass is 19.4. The molecule has 0 spiro atoms. The van der Waals surface area contributed by atoms with Crippen LogP contribution in [0.5, 0.6) is 0 Å². The van der Waals surface area contributed by atoms with Crippen LogP contribution in [0.4, 0.5) is 27.6 Å². The second kappa shape index (κ2) is 4.22. The average molecular weight is 256 g/mol. The summed E-state index contributed by atoms with van der Waals surface area (Å²) in [5.74, 6) is 0. The minimum atomic E-state index is -5.16. The van der Waals surface area contributed by atoms with E-state index >= 15 is 0 Å². The lowest BCUT2D eigenvalue weighted by atomic mass is 10.1. The van der Waals surface area contributed by atoms with Gasteiger partial charge >= 0.3 is 6.18 Å². The van der Waals surface area contributed by atoms with Gasteiger partial charge in [0.1, 0.15) is 5.56 Å². The van der Waals surface area contributed by atoms with E-state index in [9.17, 15) is 32.1 Å². The Hall–Kier alpha value is -1.80. The van der Waals surface area contributed by atoms with E-state index in [0.29, 0.717) is 6.07 Å². The number of nitro groups is 1. The first-order valence-electron chi connectivity index (χ1n) is 4.16. The Balaban J connectivity index is 3.64. The Kier molecular flexibility index (Phi) is 3.30. The molecule has 0 amide bonds. The number of aryl methyl sites for hydroxylation is 1. The Morgan fingerprint density at radius 1 is 1.41 bits per heavy atom. The second-order valence-electron chi connectivity index (χ2n) is 3.10. The summed E-state index contributed by atoms with van der Waals surface area (Å²) < 4.78 is 62.2. The van der Waals surface area contributed by atoms with Crippen LogP contribution in [0.2, 0.25) is 0 Å². The van der Waals surface area contributed by atoms with Crippen molar-refractivity contribution in [1.82, 2.24) is 4.98 Å². The zero-order chi connectivity index (χ0) is 13.4. The first-order chi connectivity index (χ1) is 7.64. The maximum absolute atomic E-state index is 12.5. The molecule has 94 valence electrons. The quantitative estimate of drug-likeness (QED) is 0.463. The Morgan fingerprint density at radius 3 is 2.29 bits per heavy atom. The molecule has 0 saturated heterocycles. The molecule has 0 atom stereocenters. The van der Waals surface area contributed by atoms with E-state index < -0.39 is 34.5 Å². The number of alkyl halides is 5. The fraction of sp³-hybridized carbons (Fsp3) is 0.375. The van der Waals surface area contributed by atoms with Gasteiger partial charge in [0.25, 0.3) is 12.1 Å². The van der Waals surface area contributed by atoms with E-state index in [4.69, 9.17) is 0 Å². The van der Waals surface area contributed by atoms with E-state index in [1.807, 2.05) is 0 Å². The first kappa shape index (κ1) is 13.3. The van der Waals surface area contributed by atoms with Crippen molar-refractivity contribution in [1.29, 1.82) is 0 Å². The molecule has 1 heterocycles. The molecular weight excluding hydrogens is 251 g/mol.